The SMILES string of the molecule is O=C1C=CC(c2ccc([N+](=O)[O-])cc2)O1. The number of rotatable bonds is 2. The first-order chi connectivity index (χ1) is 7.16. The number of carbonyl (C=O) groups is 1. The standard InChI is InChI=1S/C10H7NO4/c12-10-6-5-9(15-10)7-1-3-8(4-2-7)11(13)14/h1-6,9H. The minimum atomic E-state index is -0.472. The van der Waals surface area contributed by atoms with E-state index in [4.69, 9.17) is 4.74 Å². The Balaban J connectivity index is 2.21. The van der Waals surface area contributed by atoms with Crippen LogP contribution in [0, 0.1) is 10.1 Å². The van der Waals surface area contributed by atoms with Crippen LogP contribution in [0.1, 0.15) is 11.7 Å². The van der Waals surface area contributed by atoms with Crippen LogP contribution >= 0.6 is 0 Å². The first kappa shape index (κ1) is 9.39. The highest BCUT2D eigenvalue weighted by Crippen LogP contribution is 2.25. The lowest BCUT2D eigenvalue weighted by Crippen LogP contribution is -1.99. The average molecular weight is 205 g/mol. The normalized spacial score (nSPS) is 18.9. The number of cyclic esters (lactones) is 1. The Labute approximate surface area is 85.1 Å². The summed E-state index contributed by atoms with van der Waals surface area (Å²) >= 11 is 0. The van der Waals surface area contributed by atoms with Crippen molar-refractivity contribution in [2.75, 3.05) is 0 Å². The summed E-state index contributed by atoms with van der Waals surface area (Å²) < 4.78 is 4.93. The molecule has 1 aliphatic rings. The number of hydrogen-bond donors (Lipinski definition) is 0. The highest BCUT2D eigenvalue weighted by Gasteiger charge is 2.18. The molecule has 1 aromatic rings. The van der Waals surface area contributed by atoms with Crippen molar-refractivity contribution in [3.05, 3.63) is 52.1 Å². The van der Waals surface area contributed by atoms with Crippen molar-refractivity contribution >= 4 is 11.7 Å². The molecular weight excluding hydrogens is 198 g/mol. The smallest absolute Gasteiger partial charge is 0.331 e. The number of carbonyl (C=O) groups excluding carboxylic acids is 1. The molecule has 5 heteroatoms. The molecule has 0 saturated heterocycles. The summed E-state index contributed by atoms with van der Waals surface area (Å²) in [5.41, 5.74) is 0.745. The van der Waals surface area contributed by atoms with Gasteiger partial charge >= 0.3 is 5.97 Å². The zero-order valence-corrected chi connectivity index (χ0v) is 7.62. The molecule has 0 amide bonds. The lowest BCUT2D eigenvalue weighted by molar-refractivity contribution is -0.384. The molecule has 0 N–H and O–H groups in total. The number of esters is 1. The van der Waals surface area contributed by atoms with Gasteiger partial charge in [0.2, 0.25) is 0 Å². The van der Waals surface area contributed by atoms with Crippen LogP contribution in [0.25, 0.3) is 0 Å². The maximum absolute atomic E-state index is 10.8. The van der Waals surface area contributed by atoms with Gasteiger partial charge in [0.15, 0.2) is 0 Å². The van der Waals surface area contributed by atoms with Crippen LogP contribution in [-0.4, -0.2) is 10.9 Å². The Morgan fingerprint density at radius 2 is 1.93 bits per heavy atom. The lowest BCUT2D eigenvalue weighted by atomic mass is 10.1. The molecule has 0 radical (unpaired) electrons. The van der Waals surface area contributed by atoms with Gasteiger partial charge in [0.25, 0.3) is 5.69 Å². The van der Waals surface area contributed by atoms with Crippen LogP contribution in [0.4, 0.5) is 5.69 Å². The first-order valence-corrected chi connectivity index (χ1v) is 4.30. The van der Waals surface area contributed by atoms with Gasteiger partial charge in [-0.15, -0.1) is 0 Å². The molecule has 0 bridgehead atoms. The Kier molecular flexibility index (Phi) is 2.21. The van der Waals surface area contributed by atoms with Gasteiger partial charge in [-0.05, 0) is 23.8 Å². The summed E-state index contributed by atoms with van der Waals surface area (Å²) in [5.74, 6) is -0.390. The van der Waals surface area contributed by atoms with Gasteiger partial charge in [-0.3, -0.25) is 10.1 Å². The second-order valence-electron chi connectivity index (χ2n) is 3.07. The maximum Gasteiger partial charge on any atom is 0.331 e. The summed E-state index contributed by atoms with van der Waals surface area (Å²) in [6.07, 6.45) is 2.54. The molecule has 0 aliphatic carbocycles. The van der Waals surface area contributed by atoms with Gasteiger partial charge in [-0.2, -0.15) is 0 Å². The second-order valence-corrected chi connectivity index (χ2v) is 3.07. The van der Waals surface area contributed by atoms with E-state index in [0.717, 1.165) is 5.56 Å². The fourth-order valence-electron chi connectivity index (χ4n) is 1.33. The van der Waals surface area contributed by atoms with Crippen LogP contribution in [0.15, 0.2) is 36.4 Å². The van der Waals surface area contributed by atoms with E-state index in [1.807, 2.05) is 0 Å². The summed E-state index contributed by atoms with van der Waals surface area (Å²) in [6, 6.07) is 5.92. The van der Waals surface area contributed by atoms with Crippen LogP contribution < -0.4 is 0 Å². The largest absolute Gasteiger partial charge is 0.450 e. The molecular formula is C10H7NO4. The van der Waals surface area contributed by atoms with Crippen LogP contribution in [0.3, 0.4) is 0 Å². The molecule has 1 unspecified atom stereocenters. The summed E-state index contributed by atoms with van der Waals surface area (Å²) in [6.45, 7) is 0. The van der Waals surface area contributed by atoms with Crippen LogP contribution in [0.2, 0.25) is 0 Å². The number of nitro groups is 1. The van der Waals surface area contributed by atoms with E-state index in [1.165, 1.54) is 18.2 Å². The Hall–Kier alpha value is -2.17. The van der Waals surface area contributed by atoms with E-state index in [1.54, 1.807) is 18.2 Å². The molecule has 0 fully saturated rings. The van der Waals surface area contributed by atoms with Gasteiger partial charge in [0.05, 0.1) is 4.92 Å². The van der Waals surface area contributed by atoms with Crippen LogP contribution in [-0.2, 0) is 9.53 Å². The molecule has 0 saturated carbocycles. The van der Waals surface area contributed by atoms with Gasteiger partial charge in [0, 0.05) is 18.2 Å². The van der Waals surface area contributed by atoms with E-state index in [9.17, 15) is 14.9 Å². The molecule has 1 aliphatic heterocycles. The predicted octanol–water partition coefficient (Wildman–Crippen LogP) is 1.75. The van der Waals surface area contributed by atoms with E-state index in [0.29, 0.717) is 0 Å². The Morgan fingerprint density at radius 1 is 1.27 bits per heavy atom. The van der Waals surface area contributed by atoms with Crippen molar-refractivity contribution in [1.82, 2.24) is 0 Å². The predicted molar refractivity (Wildman–Crippen MR) is 51.1 cm³/mol. The molecule has 1 heterocycles. The molecule has 76 valence electrons. The van der Waals surface area contributed by atoms with Crippen molar-refractivity contribution in [1.29, 1.82) is 0 Å². The number of benzene rings is 1. The summed E-state index contributed by atoms with van der Waals surface area (Å²) in [4.78, 5) is 20.7. The zero-order valence-electron chi connectivity index (χ0n) is 7.62. The van der Waals surface area contributed by atoms with Crippen molar-refractivity contribution < 1.29 is 14.5 Å². The minimum Gasteiger partial charge on any atom is -0.450 e. The second kappa shape index (κ2) is 3.53. The molecule has 2 rings (SSSR count). The van der Waals surface area contributed by atoms with Crippen LogP contribution in [0.5, 0.6) is 0 Å². The average Bonchev–Trinajstić information content (AvgIpc) is 2.65. The van der Waals surface area contributed by atoms with Gasteiger partial charge in [-0.1, -0.05) is 0 Å². The molecule has 15 heavy (non-hydrogen) atoms. The van der Waals surface area contributed by atoms with Crippen molar-refractivity contribution in [2.45, 2.75) is 6.10 Å². The number of non-ortho nitro benzene ring substituents is 1. The lowest BCUT2D eigenvalue weighted by Gasteiger charge is -2.07. The number of nitro benzene ring substituents is 1. The molecule has 0 aromatic heterocycles. The molecule has 0 spiro atoms. The summed E-state index contributed by atoms with van der Waals surface area (Å²) in [7, 11) is 0. The van der Waals surface area contributed by atoms with Crippen molar-refractivity contribution in [3.63, 3.8) is 0 Å². The first-order valence-electron chi connectivity index (χ1n) is 4.30. The topological polar surface area (TPSA) is 69.4 Å². The van der Waals surface area contributed by atoms with E-state index in [2.05, 4.69) is 0 Å². The molecule has 5 nitrogen and oxygen atoms in total. The Bertz CT molecular complexity index is 435. The zero-order chi connectivity index (χ0) is 10.8. The minimum absolute atomic E-state index is 0.0204. The third-order valence-electron chi connectivity index (χ3n) is 2.08. The van der Waals surface area contributed by atoms with E-state index < -0.39 is 17.0 Å². The summed E-state index contributed by atoms with van der Waals surface area (Å²) in [5, 5.41) is 10.4. The monoisotopic (exact) mass is 205 g/mol. The van der Waals surface area contributed by atoms with Crippen molar-refractivity contribution in [3.8, 4) is 0 Å². The molecule has 1 aromatic carbocycles. The fraction of sp³-hybridized carbons (Fsp3) is 0.100. The van der Waals surface area contributed by atoms with E-state index >= 15 is 0 Å². The molecule has 1 atom stereocenters. The van der Waals surface area contributed by atoms with Crippen molar-refractivity contribution in [2.24, 2.45) is 0 Å². The van der Waals surface area contributed by atoms with Gasteiger partial charge in [-0.25, -0.2) is 4.79 Å². The maximum atomic E-state index is 10.8. The Morgan fingerprint density at radius 3 is 2.40 bits per heavy atom. The third-order valence-corrected chi connectivity index (χ3v) is 2.08. The third kappa shape index (κ3) is 1.85. The van der Waals surface area contributed by atoms with Gasteiger partial charge in [0.1, 0.15) is 6.10 Å². The van der Waals surface area contributed by atoms with Gasteiger partial charge < -0.3 is 4.74 Å². The highest BCUT2D eigenvalue weighted by atomic mass is 16.6. The number of hydrogen-bond acceptors (Lipinski definition) is 4. The highest BCUT2D eigenvalue weighted by molar-refractivity contribution is 5.84. The number of ether oxygens (including phenoxy) is 1. The van der Waals surface area contributed by atoms with E-state index in [-0.39, 0.29) is 5.69 Å². The fourth-order valence-corrected chi connectivity index (χ4v) is 1.33. The number of nitrogens with zero attached hydrogens (tertiary/aromatic N) is 1. The quantitative estimate of drug-likeness (QED) is 0.419.